The van der Waals surface area contributed by atoms with Crippen LogP contribution >= 0.6 is 11.3 Å². The van der Waals surface area contributed by atoms with E-state index in [-0.39, 0.29) is 11.1 Å². The number of rotatable bonds is 12. The average molecular weight is 665 g/mol. The molecule has 0 fully saturated rings. The second-order valence-corrected chi connectivity index (χ2v) is 11.8. The molecule has 0 saturated carbocycles. The minimum atomic E-state index is -0.783. The van der Waals surface area contributed by atoms with Crippen LogP contribution in [0.4, 0.5) is 0 Å². The summed E-state index contributed by atoms with van der Waals surface area (Å²) in [5.74, 6) is 1.69. The Morgan fingerprint density at radius 1 is 0.833 bits per heavy atom. The van der Waals surface area contributed by atoms with Gasteiger partial charge in [-0.1, -0.05) is 65.9 Å². The maximum Gasteiger partial charge on any atom is 0.337 e. The van der Waals surface area contributed by atoms with E-state index in [1.54, 1.807) is 18.2 Å². The molecule has 0 saturated heterocycles. The molecule has 10 heteroatoms. The summed E-state index contributed by atoms with van der Waals surface area (Å²) < 4.78 is 30.9. The van der Waals surface area contributed by atoms with Gasteiger partial charge in [0.05, 0.1) is 43.1 Å². The van der Waals surface area contributed by atoms with Crippen LogP contribution in [-0.4, -0.2) is 37.5 Å². The SMILES string of the molecule is CCOc1ccc([C@H]2C(C(=O)OC)=CN=c3s/c(=C\c4ccc(OCc5cccc6ccccc56)c(OCC)c4)c(=O)n32)cc1OCC. The zero-order valence-electron chi connectivity index (χ0n) is 27.2. The minimum absolute atomic E-state index is 0.231. The van der Waals surface area contributed by atoms with Gasteiger partial charge in [0.15, 0.2) is 27.8 Å². The molecule has 246 valence electrons. The Hall–Kier alpha value is -5.35. The first kappa shape index (κ1) is 32.6. The van der Waals surface area contributed by atoms with Crippen LogP contribution in [0.5, 0.6) is 23.0 Å². The van der Waals surface area contributed by atoms with Crippen LogP contribution in [-0.2, 0) is 16.1 Å². The van der Waals surface area contributed by atoms with Crippen LogP contribution in [0.15, 0.2) is 100 Å². The fourth-order valence-electron chi connectivity index (χ4n) is 5.71. The Labute approximate surface area is 281 Å². The lowest BCUT2D eigenvalue weighted by atomic mass is 9.97. The van der Waals surface area contributed by atoms with E-state index in [2.05, 4.69) is 29.3 Å². The molecule has 1 aliphatic rings. The molecular weight excluding hydrogens is 628 g/mol. The highest BCUT2D eigenvalue weighted by atomic mass is 32.1. The summed E-state index contributed by atoms with van der Waals surface area (Å²) in [6.07, 6.45) is 3.27. The highest BCUT2D eigenvalue weighted by Crippen LogP contribution is 2.35. The van der Waals surface area contributed by atoms with Crippen molar-refractivity contribution >= 4 is 34.2 Å². The van der Waals surface area contributed by atoms with E-state index in [9.17, 15) is 9.59 Å². The Morgan fingerprint density at radius 3 is 2.29 bits per heavy atom. The Kier molecular flexibility index (Phi) is 9.91. The Balaban J connectivity index is 1.37. The first-order valence-electron chi connectivity index (χ1n) is 15.8. The van der Waals surface area contributed by atoms with Gasteiger partial charge in [-0.2, -0.15) is 0 Å². The number of aromatic nitrogens is 1. The number of carbonyl (C=O) groups is 1. The van der Waals surface area contributed by atoms with Crippen molar-refractivity contribution in [3.63, 3.8) is 0 Å². The number of ether oxygens (including phenoxy) is 5. The predicted molar refractivity (Wildman–Crippen MR) is 186 cm³/mol. The summed E-state index contributed by atoms with van der Waals surface area (Å²) in [7, 11) is 1.31. The maximum absolute atomic E-state index is 14.1. The normalized spacial score (nSPS) is 14.1. The molecule has 0 spiro atoms. The third kappa shape index (κ3) is 6.57. The van der Waals surface area contributed by atoms with Gasteiger partial charge in [0, 0.05) is 6.20 Å². The van der Waals surface area contributed by atoms with E-state index >= 15 is 0 Å². The predicted octanol–water partition coefficient (Wildman–Crippen LogP) is 5.95. The molecule has 0 amide bonds. The highest BCUT2D eigenvalue weighted by molar-refractivity contribution is 7.07. The monoisotopic (exact) mass is 664 g/mol. The Morgan fingerprint density at radius 2 is 1.52 bits per heavy atom. The number of fused-ring (bicyclic) bond motifs is 2. The standard InChI is InChI=1S/C38H36N2O7S/c1-5-44-30-18-16-26(21-33(30)46-7-3)35-29(37(42)43-4)22-39-38-40(35)36(41)34(48-38)20-24-15-17-31(32(19-24)45-6-2)47-23-27-13-10-12-25-11-8-9-14-28(25)27/h8-22,35H,5-7,23H2,1-4H3/b34-20-/t35-/m0/s1. The van der Waals surface area contributed by atoms with Gasteiger partial charge in [0.1, 0.15) is 6.61 Å². The maximum atomic E-state index is 14.1. The van der Waals surface area contributed by atoms with Crippen molar-refractivity contribution in [3.8, 4) is 23.0 Å². The summed E-state index contributed by atoms with van der Waals surface area (Å²) in [5, 5.41) is 2.29. The van der Waals surface area contributed by atoms with Crippen molar-refractivity contribution in [2.24, 2.45) is 4.99 Å². The van der Waals surface area contributed by atoms with Crippen molar-refractivity contribution in [1.29, 1.82) is 0 Å². The third-order valence-electron chi connectivity index (χ3n) is 7.84. The fraction of sp³-hybridized carbons (Fsp3) is 0.237. The molecule has 0 bridgehead atoms. The van der Waals surface area contributed by atoms with Gasteiger partial charge in [-0.25, -0.2) is 9.79 Å². The largest absolute Gasteiger partial charge is 0.490 e. The van der Waals surface area contributed by atoms with Crippen LogP contribution in [0.2, 0.25) is 0 Å². The van der Waals surface area contributed by atoms with Gasteiger partial charge in [-0.05, 0) is 78.6 Å². The van der Waals surface area contributed by atoms with Crippen LogP contribution in [0.3, 0.4) is 0 Å². The van der Waals surface area contributed by atoms with Gasteiger partial charge >= 0.3 is 5.97 Å². The molecule has 1 aliphatic heterocycles. The van der Waals surface area contributed by atoms with Crippen molar-refractivity contribution in [2.75, 3.05) is 26.9 Å². The average Bonchev–Trinajstić information content (AvgIpc) is 3.42. The molecule has 2 heterocycles. The zero-order chi connectivity index (χ0) is 33.6. The molecule has 5 aromatic rings. The lowest BCUT2D eigenvalue weighted by Crippen LogP contribution is -2.39. The number of nitrogens with zero attached hydrogens (tertiary/aromatic N) is 2. The molecule has 4 aromatic carbocycles. The number of hydrogen-bond acceptors (Lipinski definition) is 9. The molecule has 9 nitrogen and oxygen atoms in total. The van der Waals surface area contributed by atoms with Crippen LogP contribution in [0, 0.1) is 0 Å². The number of hydrogen-bond donors (Lipinski definition) is 0. The lowest BCUT2D eigenvalue weighted by molar-refractivity contribution is -0.136. The zero-order valence-corrected chi connectivity index (χ0v) is 28.0. The van der Waals surface area contributed by atoms with Crippen molar-refractivity contribution in [2.45, 2.75) is 33.4 Å². The number of esters is 1. The second-order valence-electron chi connectivity index (χ2n) is 10.8. The van der Waals surface area contributed by atoms with E-state index in [1.165, 1.54) is 29.2 Å². The van der Waals surface area contributed by atoms with Gasteiger partial charge in [0.2, 0.25) is 0 Å². The van der Waals surface area contributed by atoms with E-state index in [0.717, 1.165) is 21.9 Å². The number of methoxy groups -OCH3 is 1. The molecule has 0 aliphatic carbocycles. The molecule has 0 radical (unpaired) electrons. The highest BCUT2D eigenvalue weighted by Gasteiger charge is 2.31. The molecular formula is C38H36N2O7S. The molecule has 1 aromatic heterocycles. The summed E-state index contributed by atoms with van der Waals surface area (Å²) in [4.78, 5) is 31.9. The van der Waals surface area contributed by atoms with Crippen molar-refractivity contribution in [1.82, 2.24) is 4.57 Å². The summed E-state index contributed by atoms with van der Waals surface area (Å²) in [6.45, 7) is 7.38. The first-order chi connectivity index (χ1) is 23.4. The second kappa shape index (κ2) is 14.6. The minimum Gasteiger partial charge on any atom is -0.490 e. The van der Waals surface area contributed by atoms with Crippen LogP contribution in [0.25, 0.3) is 16.8 Å². The topological polar surface area (TPSA) is 97.6 Å². The Bertz CT molecular complexity index is 2180. The summed E-state index contributed by atoms with van der Waals surface area (Å²) in [5.41, 5.74) is 2.42. The third-order valence-corrected chi connectivity index (χ3v) is 8.83. The van der Waals surface area contributed by atoms with Crippen molar-refractivity contribution < 1.29 is 28.5 Å². The summed E-state index contributed by atoms with van der Waals surface area (Å²) in [6, 6.07) is 24.6. The van der Waals surface area contributed by atoms with E-state index in [4.69, 9.17) is 23.7 Å². The van der Waals surface area contributed by atoms with Gasteiger partial charge < -0.3 is 23.7 Å². The summed E-state index contributed by atoms with van der Waals surface area (Å²) >= 11 is 1.24. The van der Waals surface area contributed by atoms with Crippen molar-refractivity contribution in [3.05, 3.63) is 127 Å². The fourth-order valence-corrected chi connectivity index (χ4v) is 6.68. The molecule has 1 atom stereocenters. The quantitative estimate of drug-likeness (QED) is 0.152. The molecule has 6 rings (SSSR count). The van der Waals surface area contributed by atoms with E-state index < -0.39 is 12.0 Å². The number of thiazole rings is 1. The molecule has 0 N–H and O–H groups in total. The van der Waals surface area contributed by atoms with E-state index in [1.807, 2.05) is 63.2 Å². The van der Waals surface area contributed by atoms with Gasteiger partial charge in [-0.3, -0.25) is 9.36 Å². The number of carbonyl (C=O) groups excluding carboxylic acids is 1. The van der Waals surface area contributed by atoms with E-state index in [0.29, 0.717) is 64.3 Å². The van der Waals surface area contributed by atoms with Gasteiger partial charge in [0.25, 0.3) is 5.56 Å². The van der Waals surface area contributed by atoms with Crippen LogP contribution in [0.1, 0.15) is 43.5 Å². The lowest BCUT2D eigenvalue weighted by Gasteiger charge is -2.23. The number of benzene rings is 4. The van der Waals surface area contributed by atoms with Gasteiger partial charge in [-0.15, -0.1) is 0 Å². The smallest absolute Gasteiger partial charge is 0.337 e. The molecule has 48 heavy (non-hydrogen) atoms. The van der Waals surface area contributed by atoms with Crippen LogP contribution < -0.4 is 33.8 Å². The molecule has 0 unspecified atom stereocenters. The first-order valence-corrected chi connectivity index (χ1v) is 16.6.